The summed E-state index contributed by atoms with van der Waals surface area (Å²) in [6, 6.07) is 6.21. The van der Waals surface area contributed by atoms with Gasteiger partial charge in [-0.3, -0.25) is 4.79 Å². The van der Waals surface area contributed by atoms with Crippen molar-refractivity contribution in [2.75, 3.05) is 6.54 Å². The maximum atomic E-state index is 12.7. The number of amides is 1. The highest BCUT2D eigenvalue weighted by atomic mass is 19.1. The van der Waals surface area contributed by atoms with Crippen molar-refractivity contribution >= 4 is 5.91 Å². The van der Waals surface area contributed by atoms with Gasteiger partial charge in [-0.05, 0) is 42.9 Å². The standard InChI is InChI=1S/C14H18FNO2/c15-12-4-1-10(2-5-12)3-6-14(18)16-9-11-7-13(17)8-11/h1-2,4-5,11,13,17H,3,6-9H2,(H,16,18). The van der Waals surface area contributed by atoms with Crippen LogP contribution in [0.25, 0.3) is 0 Å². The minimum absolute atomic E-state index is 0.0146. The summed E-state index contributed by atoms with van der Waals surface area (Å²) in [7, 11) is 0. The molecule has 0 spiro atoms. The van der Waals surface area contributed by atoms with Crippen LogP contribution in [0.3, 0.4) is 0 Å². The second kappa shape index (κ2) is 5.96. The Morgan fingerprint density at radius 3 is 2.61 bits per heavy atom. The zero-order valence-electron chi connectivity index (χ0n) is 10.2. The minimum atomic E-state index is -0.258. The average Bonchev–Trinajstić information content (AvgIpc) is 2.32. The smallest absolute Gasteiger partial charge is 0.220 e. The van der Waals surface area contributed by atoms with E-state index in [1.165, 1.54) is 12.1 Å². The first kappa shape index (κ1) is 13.0. The topological polar surface area (TPSA) is 49.3 Å². The molecule has 0 bridgehead atoms. The molecule has 0 heterocycles. The summed E-state index contributed by atoms with van der Waals surface area (Å²) >= 11 is 0. The molecule has 1 saturated carbocycles. The lowest BCUT2D eigenvalue weighted by molar-refractivity contribution is -0.121. The van der Waals surface area contributed by atoms with Crippen LogP contribution in [0.15, 0.2) is 24.3 Å². The molecule has 4 heteroatoms. The number of hydrogen-bond acceptors (Lipinski definition) is 2. The van der Waals surface area contributed by atoms with Gasteiger partial charge in [0.05, 0.1) is 6.10 Å². The quantitative estimate of drug-likeness (QED) is 0.836. The van der Waals surface area contributed by atoms with Gasteiger partial charge in [-0.25, -0.2) is 4.39 Å². The molecule has 2 N–H and O–H groups in total. The Bertz CT molecular complexity index is 399. The molecule has 98 valence electrons. The van der Waals surface area contributed by atoms with Crippen LogP contribution in [-0.4, -0.2) is 23.7 Å². The lowest BCUT2D eigenvalue weighted by Gasteiger charge is -2.31. The number of aliphatic hydroxyl groups is 1. The van der Waals surface area contributed by atoms with Gasteiger partial charge in [0, 0.05) is 13.0 Å². The second-order valence-electron chi connectivity index (χ2n) is 4.92. The van der Waals surface area contributed by atoms with Crippen LogP contribution in [0, 0.1) is 11.7 Å². The molecule has 1 aliphatic carbocycles. The largest absolute Gasteiger partial charge is 0.393 e. The Labute approximate surface area is 106 Å². The van der Waals surface area contributed by atoms with Crippen LogP contribution in [0.4, 0.5) is 4.39 Å². The van der Waals surface area contributed by atoms with Crippen molar-refractivity contribution in [3.63, 3.8) is 0 Å². The molecule has 0 aliphatic heterocycles. The normalized spacial score (nSPS) is 22.3. The first-order chi connectivity index (χ1) is 8.63. The van der Waals surface area contributed by atoms with Gasteiger partial charge in [0.25, 0.3) is 0 Å². The van der Waals surface area contributed by atoms with Crippen LogP contribution in [-0.2, 0) is 11.2 Å². The van der Waals surface area contributed by atoms with Gasteiger partial charge in [-0.15, -0.1) is 0 Å². The van der Waals surface area contributed by atoms with E-state index in [1.54, 1.807) is 12.1 Å². The number of aryl methyl sites for hydroxylation is 1. The fourth-order valence-corrected chi connectivity index (χ4v) is 2.12. The second-order valence-corrected chi connectivity index (χ2v) is 4.92. The molecule has 1 aromatic rings. The molecule has 1 aliphatic rings. The molecule has 0 aromatic heterocycles. The molecule has 0 unspecified atom stereocenters. The third-order valence-electron chi connectivity index (χ3n) is 3.35. The Morgan fingerprint density at radius 2 is 2.00 bits per heavy atom. The SMILES string of the molecule is O=C(CCc1ccc(F)cc1)NCC1CC(O)C1. The van der Waals surface area contributed by atoms with E-state index < -0.39 is 0 Å². The molecule has 18 heavy (non-hydrogen) atoms. The van der Waals surface area contributed by atoms with E-state index in [4.69, 9.17) is 5.11 Å². The number of carbonyl (C=O) groups is 1. The Morgan fingerprint density at radius 1 is 1.33 bits per heavy atom. The van der Waals surface area contributed by atoms with Crippen molar-refractivity contribution in [3.8, 4) is 0 Å². The third kappa shape index (κ3) is 3.81. The van der Waals surface area contributed by atoms with Crippen LogP contribution in [0.1, 0.15) is 24.8 Å². The van der Waals surface area contributed by atoms with Gasteiger partial charge < -0.3 is 10.4 Å². The van der Waals surface area contributed by atoms with Gasteiger partial charge in [-0.1, -0.05) is 12.1 Å². The van der Waals surface area contributed by atoms with E-state index >= 15 is 0 Å². The molecule has 3 nitrogen and oxygen atoms in total. The number of carbonyl (C=O) groups excluding carboxylic acids is 1. The predicted molar refractivity (Wildman–Crippen MR) is 66.5 cm³/mol. The van der Waals surface area contributed by atoms with E-state index in [0.717, 1.165) is 18.4 Å². The van der Waals surface area contributed by atoms with Crippen molar-refractivity contribution in [1.82, 2.24) is 5.32 Å². The molecular weight excluding hydrogens is 233 g/mol. The first-order valence-electron chi connectivity index (χ1n) is 6.32. The number of halogens is 1. The molecule has 0 saturated heterocycles. The summed E-state index contributed by atoms with van der Waals surface area (Å²) in [5.74, 6) is 0.183. The van der Waals surface area contributed by atoms with Crippen LogP contribution in [0.2, 0.25) is 0 Å². The maximum absolute atomic E-state index is 12.7. The van der Waals surface area contributed by atoms with Gasteiger partial charge in [0.2, 0.25) is 5.91 Å². The molecular formula is C14H18FNO2. The van der Waals surface area contributed by atoms with Crippen molar-refractivity contribution in [2.24, 2.45) is 5.92 Å². The molecule has 1 fully saturated rings. The summed E-state index contributed by atoms with van der Waals surface area (Å²) in [6.45, 7) is 0.652. The Balaban J connectivity index is 1.64. The zero-order chi connectivity index (χ0) is 13.0. The highest BCUT2D eigenvalue weighted by Crippen LogP contribution is 2.26. The van der Waals surface area contributed by atoms with Crippen molar-refractivity contribution in [2.45, 2.75) is 31.8 Å². The minimum Gasteiger partial charge on any atom is -0.393 e. The number of aliphatic hydroxyl groups excluding tert-OH is 1. The predicted octanol–water partition coefficient (Wildman–Crippen LogP) is 1.65. The van der Waals surface area contributed by atoms with Crippen LogP contribution in [0.5, 0.6) is 0 Å². The Kier molecular flexibility index (Phi) is 4.31. The lowest BCUT2D eigenvalue weighted by atomic mass is 9.82. The van der Waals surface area contributed by atoms with E-state index in [0.29, 0.717) is 25.3 Å². The number of hydrogen-bond donors (Lipinski definition) is 2. The average molecular weight is 251 g/mol. The van der Waals surface area contributed by atoms with E-state index in [9.17, 15) is 9.18 Å². The van der Waals surface area contributed by atoms with E-state index in [1.807, 2.05) is 0 Å². The van der Waals surface area contributed by atoms with Crippen molar-refractivity contribution in [3.05, 3.63) is 35.6 Å². The summed E-state index contributed by atoms with van der Waals surface area (Å²) < 4.78 is 12.7. The highest BCUT2D eigenvalue weighted by Gasteiger charge is 2.26. The summed E-state index contributed by atoms with van der Waals surface area (Å²) in [5, 5.41) is 12.0. The molecule has 0 radical (unpaired) electrons. The number of nitrogens with one attached hydrogen (secondary N) is 1. The van der Waals surface area contributed by atoms with Crippen molar-refractivity contribution in [1.29, 1.82) is 0 Å². The molecule has 1 amide bonds. The molecule has 2 rings (SSSR count). The fraction of sp³-hybridized carbons (Fsp3) is 0.500. The number of benzene rings is 1. The number of rotatable bonds is 5. The van der Waals surface area contributed by atoms with Crippen LogP contribution < -0.4 is 5.32 Å². The van der Waals surface area contributed by atoms with Crippen molar-refractivity contribution < 1.29 is 14.3 Å². The molecule has 0 atom stereocenters. The first-order valence-corrected chi connectivity index (χ1v) is 6.32. The molecule has 1 aromatic carbocycles. The van der Waals surface area contributed by atoms with Gasteiger partial charge in [-0.2, -0.15) is 0 Å². The van der Waals surface area contributed by atoms with E-state index in [2.05, 4.69) is 5.32 Å². The van der Waals surface area contributed by atoms with E-state index in [-0.39, 0.29) is 17.8 Å². The van der Waals surface area contributed by atoms with Gasteiger partial charge >= 0.3 is 0 Å². The fourth-order valence-electron chi connectivity index (χ4n) is 2.12. The van der Waals surface area contributed by atoms with Gasteiger partial charge in [0.1, 0.15) is 5.82 Å². The monoisotopic (exact) mass is 251 g/mol. The zero-order valence-corrected chi connectivity index (χ0v) is 10.2. The lowest BCUT2D eigenvalue weighted by Crippen LogP contribution is -2.38. The summed E-state index contributed by atoms with van der Waals surface area (Å²) in [4.78, 5) is 11.6. The third-order valence-corrected chi connectivity index (χ3v) is 3.35. The summed E-state index contributed by atoms with van der Waals surface area (Å²) in [6.07, 6.45) is 2.45. The Hall–Kier alpha value is -1.42. The van der Waals surface area contributed by atoms with Gasteiger partial charge in [0.15, 0.2) is 0 Å². The maximum Gasteiger partial charge on any atom is 0.220 e. The highest BCUT2D eigenvalue weighted by molar-refractivity contribution is 5.76. The summed E-state index contributed by atoms with van der Waals surface area (Å²) in [5.41, 5.74) is 0.964. The van der Waals surface area contributed by atoms with Crippen LogP contribution >= 0.6 is 0 Å².